The minimum atomic E-state index is -0.548. The van der Waals surface area contributed by atoms with E-state index in [1.54, 1.807) is 6.07 Å². The third kappa shape index (κ3) is 5.38. The largest absolute Gasteiger partial charge is 0.506 e. The molecule has 0 spiro atoms. The summed E-state index contributed by atoms with van der Waals surface area (Å²) in [5, 5.41) is 18.5. The van der Waals surface area contributed by atoms with Crippen LogP contribution in [0.15, 0.2) is 90.0 Å². The molecule has 0 unspecified atom stereocenters. The molecule has 4 aromatic rings. The van der Waals surface area contributed by atoms with Crippen molar-refractivity contribution in [1.82, 2.24) is 5.32 Å². The first kappa shape index (κ1) is 24.9. The Hall–Kier alpha value is -4.20. The Kier molecular flexibility index (Phi) is 7.63. The minimum Gasteiger partial charge on any atom is -0.506 e. The molecule has 36 heavy (non-hydrogen) atoms. The molecule has 0 aliphatic carbocycles. The van der Waals surface area contributed by atoms with Crippen LogP contribution in [0, 0.1) is 0 Å². The predicted molar refractivity (Wildman–Crippen MR) is 142 cm³/mol. The number of fused-ring (bicyclic) bond motifs is 1. The van der Waals surface area contributed by atoms with Crippen LogP contribution < -0.4 is 16.9 Å². The Morgan fingerprint density at radius 1 is 0.944 bits per heavy atom. The van der Waals surface area contributed by atoms with Crippen LogP contribution in [0.25, 0.3) is 10.8 Å². The van der Waals surface area contributed by atoms with Gasteiger partial charge in [-0.2, -0.15) is 5.10 Å². The average Bonchev–Trinajstić information content (AvgIpc) is 2.89. The van der Waals surface area contributed by atoms with Crippen molar-refractivity contribution in [2.24, 2.45) is 16.7 Å². The Balaban J connectivity index is 1.63. The van der Waals surface area contributed by atoms with Crippen molar-refractivity contribution in [3.05, 3.63) is 112 Å². The summed E-state index contributed by atoms with van der Waals surface area (Å²) in [7, 11) is 0. The molecule has 0 aliphatic rings. The third-order valence-corrected chi connectivity index (χ3v) is 6.29. The number of amides is 1. The van der Waals surface area contributed by atoms with Gasteiger partial charge in [-0.15, -0.1) is 0 Å². The highest BCUT2D eigenvalue weighted by molar-refractivity contribution is 6.53. The van der Waals surface area contributed by atoms with Gasteiger partial charge in [-0.05, 0) is 46.5 Å². The van der Waals surface area contributed by atoms with Gasteiger partial charge in [-0.25, -0.2) is 0 Å². The zero-order valence-corrected chi connectivity index (χ0v) is 20.1. The summed E-state index contributed by atoms with van der Waals surface area (Å²) in [5.41, 5.74) is 8.46. The smallest absolute Gasteiger partial charge is 0.234 e. The van der Waals surface area contributed by atoms with Gasteiger partial charge in [0.25, 0.3) is 0 Å². The van der Waals surface area contributed by atoms with Gasteiger partial charge in [0.1, 0.15) is 11.5 Å². The lowest BCUT2D eigenvalue weighted by molar-refractivity contribution is -0.120. The van der Waals surface area contributed by atoms with Crippen LogP contribution >= 0.6 is 11.6 Å². The molecule has 0 fully saturated rings. The number of carbonyl (C=O) groups excluding carboxylic acids is 2. The molecule has 0 saturated carbocycles. The summed E-state index contributed by atoms with van der Waals surface area (Å²) < 4.78 is 0. The van der Waals surface area contributed by atoms with E-state index >= 15 is 0 Å². The zero-order chi connectivity index (χ0) is 25.7. The van der Waals surface area contributed by atoms with E-state index in [9.17, 15) is 14.7 Å². The number of Topliss-reactive ketones (excluding diaryl/α,β-unsaturated/α-hetero) is 1. The van der Waals surface area contributed by atoms with E-state index in [0.717, 1.165) is 21.9 Å². The number of benzene rings is 4. The van der Waals surface area contributed by atoms with Crippen LogP contribution in [0.3, 0.4) is 0 Å². The number of ketones is 1. The van der Waals surface area contributed by atoms with Crippen molar-refractivity contribution < 1.29 is 14.7 Å². The normalized spacial score (nSPS) is 12.4. The fourth-order valence-corrected chi connectivity index (χ4v) is 4.29. The fraction of sp³-hybridized carbons (Fsp3) is 0.107. The van der Waals surface area contributed by atoms with Gasteiger partial charge in [0.05, 0.1) is 11.1 Å². The summed E-state index contributed by atoms with van der Waals surface area (Å²) in [6.07, 6.45) is 0.472. The molecular formula is C28H25ClN4O3. The summed E-state index contributed by atoms with van der Waals surface area (Å²) in [5.74, 6) is 4.69. The third-order valence-electron chi connectivity index (χ3n) is 5.99. The molecule has 8 heteroatoms. The number of nitrogens with zero attached hydrogens (tertiary/aromatic N) is 1. The van der Waals surface area contributed by atoms with Crippen LogP contribution in [-0.2, 0) is 17.8 Å². The lowest BCUT2D eigenvalue weighted by atomic mass is 9.93. The first-order valence-corrected chi connectivity index (χ1v) is 11.7. The van der Waals surface area contributed by atoms with Crippen molar-refractivity contribution in [3.63, 3.8) is 0 Å². The van der Waals surface area contributed by atoms with E-state index < -0.39 is 17.7 Å². The maximum atomic E-state index is 13.2. The van der Waals surface area contributed by atoms with Crippen molar-refractivity contribution in [2.45, 2.75) is 19.0 Å². The van der Waals surface area contributed by atoms with Crippen molar-refractivity contribution in [1.29, 1.82) is 0 Å². The molecule has 1 atom stereocenters. The van der Waals surface area contributed by atoms with Crippen molar-refractivity contribution in [3.8, 4) is 5.75 Å². The Bertz CT molecular complexity index is 1450. The number of nitrogens with two attached hydrogens (primary N) is 2. The highest BCUT2D eigenvalue weighted by atomic mass is 35.5. The van der Waals surface area contributed by atoms with Crippen LogP contribution in [0.5, 0.6) is 5.75 Å². The zero-order valence-electron chi connectivity index (χ0n) is 19.3. The molecule has 7 nitrogen and oxygen atoms in total. The molecule has 0 heterocycles. The molecule has 182 valence electrons. The molecule has 0 bridgehead atoms. The van der Waals surface area contributed by atoms with Crippen LogP contribution in [0.4, 0.5) is 0 Å². The van der Waals surface area contributed by atoms with Gasteiger partial charge in [-0.3, -0.25) is 9.59 Å². The Morgan fingerprint density at radius 2 is 1.64 bits per heavy atom. The molecule has 4 aromatic carbocycles. The number of rotatable bonds is 9. The first-order chi connectivity index (χ1) is 17.4. The first-order valence-electron chi connectivity index (χ1n) is 11.3. The van der Waals surface area contributed by atoms with Gasteiger partial charge in [-0.1, -0.05) is 78.3 Å². The standard InChI is InChI=1S/C28H25ClN4O3/c29-23-15-18(11-13-25(23)34)27(35)26(33-31)22-12-10-19(20-8-4-5-9-21(20)22)16-32-24(28(30)36)14-17-6-2-1-3-7-17/h1-13,15,24,32,34H,14,16,31H2,(H2,30,36)/b33-26+/t24-/m1/s1. The molecular weight excluding hydrogens is 476 g/mol. The monoisotopic (exact) mass is 500 g/mol. The van der Waals surface area contributed by atoms with Crippen LogP contribution in [0.2, 0.25) is 5.02 Å². The number of halogens is 1. The number of phenolic OH excluding ortho intramolecular Hbond substituents is 1. The highest BCUT2D eigenvalue weighted by Crippen LogP contribution is 2.27. The van der Waals surface area contributed by atoms with E-state index in [2.05, 4.69) is 10.4 Å². The number of aromatic hydroxyl groups is 1. The molecule has 0 saturated heterocycles. The average molecular weight is 501 g/mol. The summed E-state index contributed by atoms with van der Waals surface area (Å²) >= 11 is 5.99. The summed E-state index contributed by atoms with van der Waals surface area (Å²) in [6.45, 7) is 0.387. The van der Waals surface area contributed by atoms with E-state index in [4.69, 9.17) is 23.2 Å². The van der Waals surface area contributed by atoms with E-state index in [1.165, 1.54) is 18.2 Å². The number of nitrogens with one attached hydrogen (secondary N) is 1. The number of phenols is 1. The predicted octanol–water partition coefficient (Wildman–Crippen LogP) is 3.93. The molecule has 1 amide bonds. The van der Waals surface area contributed by atoms with E-state index in [1.807, 2.05) is 60.7 Å². The Labute approximate surface area is 213 Å². The van der Waals surface area contributed by atoms with Crippen LogP contribution in [-0.4, -0.2) is 28.6 Å². The van der Waals surface area contributed by atoms with E-state index in [0.29, 0.717) is 18.5 Å². The van der Waals surface area contributed by atoms with Gasteiger partial charge >= 0.3 is 0 Å². The molecule has 0 aliphatic heterocycles. The quantitative estimate of drug-likeness (QED) is 0.120. The Morgan fingerprint density at radius 3 is 2.31 bits per heavy atom. The molecule has 4 rings (SSSR count). The maximum Gasteiger partial charge on any atom is 0.234 e. The molecule has 0 radical (unpaired) electrons. The lowest BCUT2D eigenvalue weighted by Gasteiger charge is -2.18. The number of hydrazone groups is 1. The van der Waals surface area contributed by atoms with Crippen molar-refractivity contribution in [2.75, 3.05) is 0 Å². The van der Waals surface area contributed by atoms with Gasteiger partial charge in [0.2, 0.25) is 11.7 Å². The fourth-order valence-electron chi connectivity index (χ4n) is 4.11. The van der Waals surface area contributed by atoms with Crippen molar-refractivity contribution >= 4 is 39.8 Å². The topological polar surface area (TPSA) is 131 Å². The lowest BCUT2D eigenvalue weighted by Crippen LogP contribution is -2.42. The SMILES string of the molecule is N/N=C(/C(=O)c1ccc(O)c(Cl)c1)c1ccc(CN[C@H](Cc2ccccc2)C(N)=O)c2ccccc12. The molecule has 6 N–H and O–H groups in total. The van der Waals surface area contributed by atoms with Crippen LogP contribution in [0.1, 0.15) is 27.0 Å². The summed E-state index contributed by atoms with van der Waals surface area (Å²) in [6, 6.07) is 24.5. The maximum absolute atomic E-state index is 13.2. The summed E-state index contributed by atoms with van der Waals surface area (Å²) in [4.78, 5) is 25.3. The second-order valence-corrected chi connectivity index (χ2v) is 8.72. The molecule has 0 aromatic heterocycles. The number of hydrogen-bond donors (Lipinski definition) is 4. The van der Waals surface area contributed by atoms with Gasteiger partial charge in [0, 0.05) is 17.7 Å². The van der Waals surface area contributed by atoms with Gasteiger partial charge in [0.15, 0.2) is 0 Å². The van der Waals surface area contributed by atoms with Gasteiger partial charge < -0.3 is 22.0 Å². The highest BCUT2D eigenvalue weighted by Gasteiger charge is 2.21. The second kappa shape index (κ2) is 11.0. The number of hydrogen-bond acceptors (Lipinski definition) is 6. The minimum absolute atomic E-state index is 0.0583. The number of carbonyl (C=O) groups is 2. The second-order valence-electron chi connectivity index (χ2n) is 8.32. The van der Waals surface area contributed by atoms with E-state index in [-0.39, 0.29) is 22.0 Å². The number of primary amides is 1.